The maximum atomic E-state index is 13.0. The summed E-state index contributed by atoms with van der Waals surface area (Å²) < 4.78 is 5.14. The van der Waals surface area contributed by atoms with E-state index in [0.29, 0.717) is 42.6 Å². The Hall–Kier alpha value is -4.95. The summed E-state index contributed by atoms with van der Waals surface area (Å²) in [6.07, 6.45) is 6.28. The highest BCUT2D eigenvalue weighted by molar-refractivity contribution is 6.32. The number of aromatic nitrogens is 6. The summed E-state index contributed by atoms with van der Waals surface area (Å²) in [7, 11) is 3.74. The molecule has 0 spiro atoms. The molecule has 5 heterocycles. The molecule has 2 fully saturated rings. The molecule has 2 aliphatic heterocycles. The lowest BCUT2D eigenvalue weighted by molar-refractivity contribution is -0.135. The maximum Gasteiger partial charge on any atom is 0.328 e. The topological polar surface area (TPSA) is 155 Å². The fourth-order valence-corrected chi connectivity index (χ4v) is 7.07. The van der Waals surface area contributed by atoms with E-state index in [0.717, 1.165) is 59.4 Å². The van der Waals surface area contributed by atoms with Gasteiger partial charge in [0.15, 0.2) is 5.82 Å². The van der Waals surface area contributed by atoms with Crippen molar-refractivity contribution in [1.82, 2.24) is 34.0 Å². The first-order chi connectivity index (χ1) is 23.9. The van der Waals surface area contributed by atoms with E-state index in [9.17, 15) is 19.5 Å². The third-order valence-corrected chi connectivity index (χ3v) is 10.2. The number of nitrogens with one attached hydrogen (secondary N) is 2. The van der Waals surface area contributed by atoms with E-state index < -0.39 is 11.6 Å². The van der Waals surface area contributed by atoms with Gasteiger partial charge in [0.1, 0.15) is 11.1 Å². The van der Waals surface area contributed by atoms with E-state index in [4.69, 9.17) is 16.6 Å². The number of aliphatic hydroxyl groups is 1. The molecule has 2 amide bonds. The van der Waals surface area contributed by atoms with Gasteiger partial charge in [0.25, 0.3) is 0 Å². The number of hydrogen-bond donors (Lipinski definition) is 3. The van der Waals surface area contributed by atoms with Gasteiger partial charge in [-0.25, -0.2) is 14.8 Å². The summed E-state index contributed by atoms with van der Waals surface area (Å²) >= 11 is 6.56. The highest BCUT2D eigenvalue weighted by atomic mass is 35.5. The van der Waals surface area contributed by atoms with Crippen LogP contribution in [0.5, 0.6) is 0 Å². The first-order valence-electron chi connectivity index (χ1n) is 16.9. The predicted octanol–water partition coefficient (Wildman–Crippen LogP) is 4.12. The van der Waals surface area contributed by atoms with Crippen LogP contribution in [-0.2, 0) is 23.2 Å². The molecule has 5 aromatic rings. The molecule has 3 aromatic heterocycles. The number of aryl methyl sites for hydroxylation is 2. The highest BCUT2D eigenvalue weighted by Gasteiger charge is 2.30. The van der Waals surface area contributed by atoms with Crippen LogP contribution in [0.2, 0.25) is 5.02 Å². The van der Waals surface area contributed by atoms with Crippen LogP contribution in [0.25, 0.3) is 22.1 Å². The zero-order chi connectivity index (χ0) is 35.3. The number of halogens is 1. The number of carbonyl (C=O) groups is 2. The molecule has 0 bridgehead atoms. The first kappa shape index (κ1) is 33.5. The minimum atomic E-state index is -0.898. The Kier molecular flexibility index (Phi) is 8.76. The summed E-state index contributed by atoms with van der Waals surface area (Å²) in [6, 6.07) is 11.6. The van der Waals surface area contributed by atoms with Crippen molar-refractivity contribution >= 4 is 68.6 Å². The molecule has 15 heteroatoms. The summed E-state index contributed by atoms with van der Waals surface area (Å²) in [5, 5.41) is 16.4. The molecule has 0 radical (unpaired) electrons. The molecule has 1 atom stereocenters. The Morgan fingerprint density at radius 1 is 1.04 bits per heavy atom. The molecule has 1 unspecified atom stereocenters. The molecule has 7 rings (SSSR count). The molecule has 50 heavy (non-hydrogen) atoms. The van der Waals surface area contributed by atoms with E-state index in [1.165, 1.54) is 0 Å². The Morgan fingerprint density at radius 3 is 2.54 bits per heavy atom. The molecule has 2 saturated heterocycles. The zero-order valence-corrected chi connectivity index (χ0v) is 29.3. The second-order valence-electron chi connectivity index (χ2n) is 13.9. The minimum Gasteiger partial charge on any atom is -0.390 e. The van der Waals surface area contributed by atoms with Crippen LogP contribution >= 0.6 is 11.6 Å². The summed E-state index contributed by atoms with van der Waals surface area (Å²) in [5.41, 5.74) is 3.98. The van der Waals surface area contributed by atoms with Gasteiger partial charge in [0.2, 0.25) is 17.8 Å². The van der Waals surface area contributed by atoms with E-state index in [1.54, 1.807) is 42.6 Å². The second kappa shape index (κ2) is 13.1. The van der Waals surface area contributed by atoms with Crippen molar-refractivity contribution in [2.45, 2.75) is 70.2 Å². The Morgan fingerprint density at radius 2 is 1.80 bits per heavy atom. The van der Waals surface area contributed by atoms with Crippen LogP contribution in [0, 0.1) is 0 Å². The number of rotatable bonds is 9. The average molecular weight is 701 g/mol. The lowest BCUT2D eigenvalue weighted by Gasteiger charge is -2.38. The number of piperidine rings is 2. The maximum absolute atomic E-state index is 13.0. The van der Waals surface area contributed by atoms with Gasteiger partial charge in [0.05, 0.1) is 40.2 Å². The monoisotopic (exact) mass is 700 g/mol. The fourth-order valence-electron chi connectivity index (χ4n) is 6.93. The van der Waals surface area contributed by atoms with Gasteiger partial charge >= 0.3 is 5.69 Å². The number of imidazole rings is 2. The lowest BCUT2D eigenvalue weighted by atomic mass is 10.0. The van der Waals surface area contributed by atoms with Crippen LogP contribution in [0.1, 0.15) is 52.0 Å². The van der Waals surface area contributed by atoms with Gasteiger partial charge in [0, 0.05) is 57.6 Å². The van der Waals surface area contributed by atoms with E-state index in [1.807, 2.05) is 35.9 Å². The van der Waals surface area contributed by atoms with Gasteiger partial charge in [-0.3, -0.25) is 24.0 Å². The largest absolute Gasteiger partial charge is 0.390 e. The van der Waals surface area contributed by atoms with Crippen molar-refractivity contribution < 1.29 is 14.7 Å². The van der Waals surface area contributed by atoms with Crippen LogP contribution in [0.15, 0.2) is 53.7 Å². The van der Waals surface area contributed by atoms with Gasteiger partial charge in [-0.05, 0) is 75.9 Å². The van der Waals surface area contributed by atoms with E-state index in [2.05, 4.69) is 42.5 Å². The summed E-state index contributed by atoms with van der Waals surface area (Å²) in [4.78, 5) is 55.4. The van der Waals surface area contributed by atoms with Gasteiger partial charge < -0.3 is 24.8 Å². The Labute approximate surface area is 293 Å². The number of nitrogens with zero attached hydrogens (tertiary/aromatic N) is 8. The number of imide groups is 1. The van der Waals surface area contributed by atoms with Crippen molar-refractivity contribution in [3.63, 3.8) is 0 Å². The molecule has 262 valence electrons. The second-order valence-corrected chi connectivity index (χ2v) is 14.3. The standard InChI is InChI=1S/C35H41ClN10O4/c1-35(2,50)13-16-45-29-17-21(5-7-27(29)43(4)34(45)49)39-31-24(36)19-37-33(41-31)42(3)22-11-14-44(15-12-22)23-6-8-26-25(18-23)38-20-46(26)28-9-10-30(47)40-32(28)48/h5-8,17-20,22,28,50H,9-16H2,1-4H3,(H,37,39,41)(H,40,47,48). The number of anilines is 4. The molecule has 2 aromatic carbocycles. The lowest BCUT2D eigenvalue weighted by Crippen LogP contribution is -2.44. The van der Waals surface area contributed by atoms with Gasteiger partial charge in [-0.15, -0.1) is 0 Å². The van der Waals surface area contributed by atoms with E-state index >= 15 is 0 Å². The molecule has 2 aliphatic rings. The van der Waals surface area contributed by atoms with Crippen LogP contribution < -0.4 is 26.1 Å². The Bertz CT molecular complexity index is 2160. The van der Waals surface area contributed by atoms with Crippen molar-refractivity contribution in [2.75, 3.05) is 35.3 Å². The molecular weight excluding hydrogens is 660 g/mol. The van der Waals surface area contributed by atoms with Crippen LogP contribution in [0.3, 0.4) is 0 Å². The van der Waals surface area contributed by atoms with Crippen LogP contribution in [-0.4, -0.2) is 77.4 Å². The molecule has 3 N–H and O–H groups in total. The van der Waals surface area contributed by atoms with Crippen molar-refractivity contribution in [2.24, 2.45) is 7.05 Å². The number of hydrogen-bond acceptors (Lipinski definition) is 10. The third-order valence-electron chi connectivity index (χ3n) is 9.88. The smallest absolute Gasteiger partial charge is 0.328 e. The highest BCUT2D eigenvalue weighted by Crippen LogP contribution is 2.31. The normalized spacial score (nSPS) is 17.5. The van der Waals surface area contributed by atoms with Crippen LogP contribution in [0.4, 0.5) is 23.1 Å². The van der Waals surface area contributed by atoms with Gasteiger partial charge in [-0.2, -0.15) is 4.98 Å². The summed E-state index contributed by atoms with van der Waals surface area (Å²) in [6.45, 7) is 5.51. The third kappa shape index (κ3) is 6.52. The quantitative estimate of drug-likeness (QED) is 0.191. The van der Waals surface area contributed by atoms with Crippen molar-refractivity contribution in [1.29, 1.82) is 0 Å². The zero-order valence-electron chi connectivity index (χ0n) is 28.6. The predicted molar refractivity (Wildman–Crippen MR) is 193 cm³/mol. The summed E-state index contributed by atoms with van der Waals surface area (Å²) in [5.74, 6) is 0.496. The van der Waals surface area contributed by atoms with E-state index in [-0.39, 0.29) is 23.5 Å². The SMILES string of the molecule is CN(c1ncc(Cl)c(Nc2ccc3c(c2)n(CCC(C)(C)O)c(=O)n3C)n1)C1CCN(c2ccc3c(c2)ncn3C2CCC(=O)NC2=O)CC1. The van der Waals surface area contributed by atoms with Gasteiger partial charge in [-0.1, -0.05) is 11.6 Å². The minimum absolute atomic E-state index is 0.141. The average Bonchev–Trinajstić information content (AvgIpc) is 3.61. The van der Waals surface area contributed by atoms with Crippen molar-refractivity contribution in [3.05, 3.63) is 64.4 Å². The first-order valence-corrected chi connectivity index (χ1v) is 17.2. The molecule has 0 aliphatic carbocycles. The number of fused-ring (bicyclic) bond motifs is 2. The molecule has 14 nitrogen and oxygen atoms in total. The number of benzene rings is 2. The number of amides is 2. The fraction of sp³-hybridized carbons (Fsp3) is 0.429. The molecule has 0 saturated carbocycles. The molecular formula is C35H41ClN10O4. The number of carbonyl (C=O) groups excluding carboxylic acids is 2. The Balaban J connectivity index is 1.02. The van der Waals surface area contributed by atoms with Crippen molar-refractivity contribution in [3.8, 4) is 0 Å².